The molecule has 1 amide bonds. The molecule has 1 aliphatic rings. The summed E-state index contributed by atoms with van der Waals surface area (Å²) in [7, 11) is 0. The molecular weight excluding hydrogens is 266 g/mol. The van der Waals surface area contributed by atoms with Gasteiger partial charge in [-0.25, -0.2) is 0 Å². The fourth-order valence-corrected chi connectivity index (χ4v) is 2.44. The van der Waals surface area contributed by atoms with Gasteiger partial charge in [-0.1, -0.05) is 30.3 Å². The lowest BCUT2D eigenvalue weighted by Gasteiger charge is -2.32. The van der Waals surface area contributed by atoms with Crippen molar-refractivity contribution in [2.45, 2.75) is 25.5 Å². The number of amides is 1. The molecule has 0 bridgehead atoms. The zero-order valence-electron chi connectivity index (χ0n) is 12.5. The van der Waals surface area contributed by atoms with Crippen molar-refractivity contribution in [3.63, 3.8) is 0 Å². The average molecular weight is 291 g/mol. The van der Waals surface area contributed by atoms with Crippen LogP contribution < -0.4 is 11.1 Å². The molecule has 116 valence electrons. The second-order valence-corrected chi connectivity index (χ2v) is 5.37. The summed E-state index contributed by atoms with van der Waals surface area (Å²) < 4.78 is 5.59. The number of ether oxygens (including phenoxy) is 1. The molecule has 1 fully saturated rings. The molecule has 0 radical (unpaired) electrons. The zero-order valence-corrected chi connectivity index (χ0v) is 12.5. The largest absolute Gasteiger partial charge is 0.366 e. The highest BCUT2D eigenvalue weighted by molar-refractivity contribution is 5.81. The molecular formula is C16H25N3O2. The van der Waals surface area contributed by atoms with Crippen LogP contribution in [0, 0.1) is 0 Å². The summed E-state index contributed by atoms with van der Waals surface area (Å²) in [4.78, 5) is 14.3. The van der Waals surface area contributed by atoms with Crippen molar-refractivity contribution in [2.24, 2.45) is 5.73 Å². The summed E-state index contributed by atoms with van der Waals surface area (Å²) in [6.45, 7) is 4.33. The van der Waals surface area contributed by atoms with E-state index in [1.807, 2.05) is 18.2 Å². The van der Waals surface area contributed by atoms with Crippen LogP contribution in [0.4, 0.5) is 0 Å². The molecule has 2 rings (SSSR count). The Morgan fingerprint density at radius 3 is 2.90 bits per heavy atom. The molecule has 21 heavy (non-hydrogen) atoms. The van der Waals surface area contributed by atoms with Gasteiger partial charge in [-0.15, -0.1) is 0 Å². The maximum Gasteiger partial charge on any atom is 0.250 e. The summed E-state index contributed by atoms with van der Waals surface area (Å²) in [5, 5.41) is 2.93. The Bertz CT molecular complexity index is 425. The van der Waals surface area contributed by atoms with Crippen LogP contribution in [0.25, 0.3) is 0 Å². The molecule has 0 spiro atoms. The number of morpholine rings is 1. The Morgan fingerprint density at radius 2 is 2.14 bits per heavy atom. The SMILES string of the molecule is NCCCCNC(=O)C1CN(Cc2ccccc2)CCO1. The van der Waals surface area contributed by atoms with Crippen LogP contribution in [0.15, 0.2) is 30.3 Å². The number of nitrogens with zero attached hydrogens (tertiary/aromatic N) is 1. The molecule has 0 saturated carbocycles. The number of hydrogen-bond donors (Lipinski definition) is 2. The monoisotopic (exact) mass is 291 g/mol. The lowest BCUT2D eigenvalue weighted by atomic mass is 10.2. The molecule has 3 N–H and O–H groups in total. The number of nitrogens with two attached hydrogens (primary N) is 1. The topological polar surface area (TPSA) is 67.6 Å². The molecule has 5 nitrogen and oxygen atoms in total. The van der Waals surface area contributed by atoms with Gasteiger partial charge in [0.1, 0.15) is 6.10 Å². The molecule has 1 aromatic rings. The first kappa shape index (κ1) is 15.9. The Hall–Kier alpha value is -1.43. The maximum atomic E-state index is 12.1. The van der Waals surface area contributed by atoms with Crippen molar-refractivity contribution in [2.75, 3.05) is 32.8 Å². The Balaban J connectivity index is 1.76. The van der Waals surface area contributed by atoms with Crippen LogP contribution in [0.1, 0.15) is 18.4 Å². The third-order valence-electron chi connectivity index (χ3n) is 3.62. The van der Waals surface area contributed by atoms with Crippen LogP contribution in [0.5, 0.6) is 0 Å². The summed E-state index contributed by atoms with van der Waals surface area (Å²) >= 11 is 0. The summed E-state index contributed by atoms with van der Waals surface area (Å²) in [6.07, 6.45) is 1.49. The molecule has 1 aliphatic heterocycles. The van der Waals surface area contributed by atoms with Gasteiger partial charge in [0.25, 0.3) is 0 Å². The van der Waals surface area contributed by atoms with E-state index in [1.165, 1.54) is 5.56 Å². The second kappa shape index (κ2) is 8.77. The second-order valence-electron chi connectivity index (χ2n) is 5.37. The molecule has 1 unspecified atom stereocenters. The number of hydrogen-bond acceptors (Lipinski definition) is 4. The van der Waals surface area contributed by atoms with Crippen molar-refractivity contribution >= 4 is 5.91 Å². The number of carbonyl (C=O) groups is 1. The van der Waals surface area contributed by atoms with E-state index in [-0.39, 0.29) is 12.0 Å². The highest BCUT2D eigenvalue weighted by atomic mass is 16.5. The first-order chi connectivity index (χ1) is 10.3. The van der Waals surface area contributed by atoms with Gasteiger partial charge < -0.3 is 15.8 Å². The Morgan fingerprint density at radius 1 is 1.33 bits per heavy atom. The van der Waals surface area contributed by atoms with Gasteiger partial charge in [-0.2, -0.15) is 0 Å². The molecule has 1 heterocycles. The first-order valence-electron chi connectivity index (χ1n) is 7.65. The van der Waals surface area contributed by atoms with Gasteiger partial charge in [0.2, 0.25) is 5.91 Å². The molecule has 5 heteroatoms. The van der Waals surface area contributed by atoms with Crippen LogP contribution >= 0.6 is 0 Å². The number of benzene rings is 1. The van der Waals surface area contributed by atoms with E-state index in [1.54, 1.807) is 0 Å². The van der Waals surface area contributed by atoms with E-state index in [0.717, 1.165) is 25.9 Å². The smallest absolute Gasteiger partial charge is 0.250 e. The minimum atomic E-state index is -0.361. The fraction of sp³-hybridized carbons (Fsp3) is 0.562. The maximum absolute atomic E-state index is 12.1. The standard InChI is InChI=1S/C16H25N3O2/c17-8-4-5-9-18-16(20)15-13-19(10-11-21-15)12-14-6-2-1-3-7-14/h1-3,6-7,15H,4-5,8-13,17H2,(H,18,20). The van der Waals surface area contributed by atoms with Crippen LogP contribution in [-0.4, -0.2) is 49.7 Å². The third-order valence-corrected chi connectivity index (χ3v) is 3.62. The van der Waals surface area contributed by atoms with Gasteiger partial charge in [-0.05, 0) is 24.9 Å². The van der Waals surface area contributed by atoms with Gasteiger partial charge >= 0.3 is 0 Å². The minimum absolute atomic E-state index is 0.00946. The van der Waals surface area contributed by atoms with Crippen LogP contribution in [-0.2, 0) is 16.1 Å². The van der Waals surface area contributed by atoms with Crippen LogP contribution in [0.2, 0.25) is 0 Å². The number of rotatable bonds is 7. The van der Waals surface area contributed by atoms with Crippen molar-refractivity contribution in [3.8, 4) is 0 Å². The highest BCUT2D eigenvalue weighted by Crippen LogP contribution is 2.10. The van der Waals surface area contributed by atoms with Gasteiger partial charge in [0.15, 0.2) is 0 Å². The van der Waals surface area contributed by atoms with E-state index in [9.17, 15) is 4.79 Å². The Labute approximate surface area is 126 Å². The van der Waals surface area contributed by atoms with Gasteiger partial charge in [0, 0.05) is 26.2 Å². The van der Waals surface area contributed by atoms with Gasteiger partial charge in [0.05, 0.1) is 6.61 Å². The predicted molar refractivity (Wildman–Crippen MR) is 82.8 cm³/mol. The highest BCUT2D eigenvalue weighted by Gasteiger charge is 2.26. The molecule has 1 aromatic carbocycles. The average Bonchev–Trinajstić information content (AvgIpc) is 2.53. The first-order valence-corrected chi connectivity index (χ1v) is 7.65. The summed E-state index contributed by atoms with van der Waals surface area (Å²) in [6, 6.07) is 10.3. The zero-order chi connectivity index (χ0) is 14.9. The Kier molecular flexibility index (Phi) is 6.66. The van der Waals surface area contributed by atoms with Crippen molar-refractivity contribution in [1.29, 1.82) is 0 Å². The third kappa shape index (κ3) is 5.46. The quantitative estimate of drug-likeness (QED) is 0.727. The number of carbonyl (C=O) groups excluding carboxylic acids is 1. The molecule has 0 aliphatic carbocycles. The van der Waals surface area contributed by atoms with Crippen molar-refractivity contribution in [1.82, 2.24) is 10.2 Å². The molecule has 1 saturated heterocycles. The minimum Gasteiger partial charge on any atom is -0.366 e. The molecule has 1 atom stereocenters. The van der Waals surface area contributed by atoms with Crippen LogP contribution in [0.3, 0.4) is 0 Å². The number of nitrogens with one attached hydrogen (secondary N) is 1. The summed E-state index contributed by atoms with van der Waals surface area (Å²) in [5.74, 6) is -0.00946. The van der Waals surface area contributed by atoms with E-state index in [0.29, 0.717) is 26.2 Å². The summed E-state index contributed by atoms with van der Waals surface area (Å²) in [5.41, 5.74) is 6.70. The lowest BCUT2D eigenvalue weighted by Crippen LogP contribution is -2.49. The predicted octanol–water partition coefficient (Wildman–Crippen LogP) is 0.743. The fourth-order valence-electron chi connectivity index (χ4n) is 2.44. The van der Waals surface area contributed by atoms with E-state index in [4.69, 9.17) is 10.5 Å². The number of unbranched alkanes of at least 4 members (excludes halogenated alkanes) is 1. The van der Waals surface area contributed by atoms with E-state index >= 15 is 0 Å². The normalized spacial score (nSPS) is 19.4. The molecule has 0 aromatic heterocycles. The van der Waals surface area contributed by atoms with Gasteiger partial charge in [-0.3, -0.25) is 9.69 Å². The van der Waals surface area contributed by atoms with Crippen molar-refractivity contribution in [3.05, 3.63) is 35.9 Å². The lowest BCUT2D eigenvalue weighted by molar-refractivity contribution is -0.138. The van der Waals surface area contributed by atoms with E-state index < -0.39 is 0 Å². The van der Waals surface area contributed by atoms with Crippen molar-refractivity contribution < 1.29 is 9.53 Å². The van der Waals surface area contributed by atoms with E-state index in [2.05, 4.69) is 22.3 Å².